The third-order valence-electron chi connectivity index (χ3n) is 1.81. The first kappa shape index (κ1) is 9.95. The maximum atomic E-state index is 13.4. The molecule has 3 nitrogen and oxygen atoms in total. The van der Waals surface area contributed by atoms with Crippen molar-refractivity contribution in [1.82, 2.24) is 0 Å². The first-order valence-corrected chi connectivity index (χ1v) is 3.89. The molecule has 0 radical (unpaired) electrons. The topological polar surface area (TPSA) is 55.5 Å². The fraction of sp³-hybridized carbons (Fsp3) is 0.333. The van der Waals surface area contributed by atoms with Crippen molar-refractivity contribution in [2.75, 3.05) is 13.7 Å². The number of hydrogen-bond donors (Lipinski definition) is 2. The highest BCUT2D eigenvalue weighted by atomic mass is 19.1. The van der Waals surface area contributed by atoms with Crippen LogP contribution < -0.4 is 10.5 Å². The Bertz CT molecular complexity index is 291. The molecule has 0 saturated carbocycles. The van der Waals surface area contributed by atoms with E-state index in [1.165, 1.54) is 19.2 Å². The van der Waals surface area contributed by atoms with Gasteiger partial charge >= 0.3 is 0 Å². The maximum Gasteiger partial charge on any atom is 0.169 e. The molecule has 3 N–H and O–H groups in total. The van der Waals surface area contributed by atoms with E-state index in [1.807, 2.05) is 0 Å². The van der Waals surface area contributed by atoms with Crippen molar-refractivity contribution in [3.8, 4) is 5.75 Å². The molecular weight excluding hydrogens is 173 g/mol. The summed E-state index contributed by atoms with van der Waals surface area (Å²) in [5.41, 5.74) is 5.74. The second-order valence-electron chi connectivity index (χ2n) is 2.65. The van der Waals surface area contributed by atoms with Gasteiger partial charge in [0, 0.05) is 5.56 Å². The molecule has 0 fully saturated rings. The number of methoxy groups -OCH3 is 1. The van der Waals surface area contributed by atoms with E-state index in [9.17, 15) is 4.39 Å². The number of benzene rings is 1. The van der Waals surface area contributed by atoms with Crippen LogP contribution >= 0.6 is 0 Å². The smallest absolute Gasteiger partial charge is 0.169 e. The summed E-state index contributed by atoms with van der Waals surface area (Å²) in [7, 11) is 1.38. The van der Waals surface area contributed by atoms with Crippen LogP contribution in [-0.2, 0) is 0 Å². The molecule has 72 valence electrons. The highest BCUT2D eigenvalue weighted by Gasteiger charge is 2.13. The summed E-state index contributed by atoms with van der Waals surface area (Å²) in [5, 5.41) is 8.74. The predicted molar refractivity (Wildman–Crippen MR) is 47.0 cm³/mol. The van der Waals surface area contributed by atoms with E-state index < -0.39 is 11.9 Å². The third-order valence-corrected chi connectivity index (χ3v) is 1.81. The lowest BCUT2D eigenvalue weighted by molar-refractivity contribution is 0.264. The fourth-order valence-electron chi connectivity index (χ4n) is 1.07. The summed E-state index contributed by atoms with van der Waals surface area (Å²) < 4.78 is 18.2. The Morgan fingerprint density at radius 3 is 2.85 bits per heavy atom. The molecule has 1 rings (SSSR count). The zero-order chi connectivity index (χ0) is 9.84. The maximum absolute atomic E-state index is 13.4. The molecule has 1 aromatic rings. The van der Waals surface area contributed by atoms with Crippen molar-refractivity contribution < 1.29 is 14.2 Å². The van der Waals surface area contributed by atoms with Crippen LogP contribution in [0.5, 0.6) is 5.75 Å². The Hall–Kier alpha value is -1.13. The molecule has 1 atom stereocenters. The Labute approximate surface area is 75.9 Å². The van der Waals surface area contributed by atoms with Crippen molar-refractivity contribution in [3.05, 3.63) is 29.6 Å². The van der Waals surface area contributed by atoms with E-state index in [-0.39, 0.29) is 17.9 Å². The molecule has 0 spiro atoms. The van der Waals surface area contributed by atoms with Crippen molar-refractivity contribution >= 4 is 0 Å². The number of ether oxygens (including phenoxy) is 1. The Kier molecular flexibility index (Phi) is 3.22. The fourth-order valence-corrected chi connectivity index (χ4v) is 1.07. The average molecular weight is 185 g/mol. The molecule has 13 heavy (non-hydrogen) atoms. The molecule has 0 amide bonds. The van der Waals surface area contributed by atoms with Crippen LogP contribution in [0.25, 0.3) is 0 Å². The van der Waals surface area contributed by atoms with Crippen LogP contribution in [0.4, 0.5) is 4.39 Å². The SMILES string of the molecule is COc1cccc([C@@H](N)CO)c1F. The molecule has 0 aliphatic rings. The van der Waals surface area contributed by atoms with Gasteiger partial charge in [-0.15, -0.1) is 0 Å². The predicted octanol–water partition coefficient (Wildman–Crippen LogP) is 0.826. The second-order valence-corrected chi connectivity index (χ2v) is 2.65. The van der Waals surface area contributed by atoms with Gasteiger partial charge in [0.1, 0.15) is 0 Å². The normalized spacial score (nSPS) is 12.6. The number of hydrogen-bond acceptors (Lipinski definition) is 3. The third kappa shape index (κ3) is 1.96. The van der Waals surface area contributed by atoms with Gasteiger partial charge in [-0.1, -0.05) is 12.1 Å². The van der Waals surface area contributed by atoms with Crippen LogP contribution in [0.3, 0.4) is 0 Å². The molecule has 0 heterocycles. The van der Waals surface area contributed by atoms with Gasteiger partial charge in [0.15, 0.2) is 11.6 Å². The zero-order valence-corrected chi connectivity index (χ0v) is 7.33. The van der Waals surface area contributed by atoms with Gasteiger partial charge in [0.2, 0.25) is 0 Å². The van der Waals surface area contributed by atoms with Crippen LogP contribution in [0, 0.1) is 5.82 Å². The molecule has 0 bridgehead atoms. The van der Waals surface area contributed by atoms with Gasteiger partial charge in [0.25, 0.3) is 0 Å². The van der Waals surface area contributed by atoms with E-state index in [0.717, 1.165) is 0 Å². The van der Waals surface area contributed by atoms with Crippen molar-refractivity contribution in [2.45, 2.75) is 6.04 Å². The summed E-state index contributed by atoms with van der Waals surface area (Å²) >= 11 is 0. The summed E-state index contributed by atoms with van der Waals surface area (Å²) in [4.78, 5) is 0. The van der Waals surface area contributed by atoms with Gasteiger partial charge in [-0.25, -0.2) is 4.39 Å². The summed E-state index contributed by atoms with van der Waals surface area (Å²) in [6.45, 7) is -0.288. The largest absolute Gasteiger partial charge is 0.494 e. The van der Waals surface area contributed by atoms with Gasteiger partial charge in [-0.3, -0.25) is 0 Å². The Morgan fingerprint density at radius 1 is 1.62 bits per heavy atom. The van der Waals surface area contributed by atoms with Crippen LogP contribution in [0.15, 0.2) is 18.2 Å². The zero-order valence-electron chi connectivity index (χ0n) is 7.33. The first-order chi connectivity index (χ1) is 6.20. The van der Waals surface area contributed by atoms with Crippen LogP contribution in [-0.4, -0.2) is 18.8 Å². The lowest BCUT2D eigenvalue weighted by atomic mass is 10.1. The molecule has 4 heteroatoms. The monoisotopic (exact) mass is 185 g/mol. The van der Waals surface area contributed by atoms with E-state index in [1.54, 1.807) is 6.07 Å². The van der Waals surface area contributed by atoms with Crippen molar-refractivity contribution in [2.24, 2.45) is 5.73 Å². The Balaban J connectivity index is 3.08. The van der Waals surface area contributed by atoms with Gasteiger partial charge in [0.05, 0.1) is 19.8 Å². The van der Waals surface area contributed by atoms with E-state index in [0.29, 0.717) is 0 Å². The number of aliphatic hydroxyl groups is 1. The Morgan fingerprint density at radius 2 is 2.31 bits per heavy atom. The molecule has 0 aliphatic heterocycles. The summed E-state index contributed by atoms with van der Waals surface area (Å²) in [5.74, 6) is -0.368. The average Bonchev–Trinajstić information content (AvgIpc) is 2.17. The minimum Gasteiger partial charge on any atom is -0.494 e. The lowest BCUT2D eigenvalue weighted by Gasteiger charge is -2.11. The molecule has 0 saturated heterocycles. The van der Waals surface area contributed by atoms with E-state index in [2.05, 4.69) is 0 Å². The van der Waals surface area contributed by atoms with E-state index >= 15 is 0 Å². The number of halogens is 1. The van der Waals surface area contributed by atoms with Gasteiger partial charge in [-0.05, 0) is 6.07 Å². The molecule has 0 aliphatic carbocycles. The van der Waals surface area contributed by atoms with Crippen molar-refractivity contribution in [3.63, 3.8) is 0 Å². The van der Waals surface area contributed by atoms with Crippen LogP contribution in [0.2, 0.25) is 0 Å². The number of aliphatic hydroxyl groups excluding tert-OH is 1. The molecule has 0 aromatic heterocycles. The van der Waals surface area contributed by atoms with Crippen LogP contribution in [0.1, 0.15) is 11.6 Å². The van der Waals surface area contributed by atoms with Crippen molar-refractivity contribution in [1.29, 1.82) is 0 Å². The summed E-state index contributed by atoms with van der Waals surface area (Å²) in [6, 6.07) is 3.96. The standard InChI is InChI=1S/C9H12FNO2/c1-13-8-4-2-3-6(9(8)10)7(11)5-12/h2-4,7,12H,5,11H2,1H3/t7-/m0/s1. The first-order valence-electron chi connectivity index (χ1n) is 3.89. The molecular formula is C9H12FNO2. The number of rotatable bonds is 3. The number of nitrogens with two attached hydrogens (primary N) is 1. The highest BCUT2D eigenvalue weighted by molar-refractivity contribution is 5.32. The minimum absolute atomic E-state index is 0.140. The second kappa shape index (κ2) is 4.20. The van der Waals surface area contributed by atoms with Gasteiger partial charge < -0.3 is 15.6 Å². The quantitative estimate of drug-likeness (QED) is 0.733. The highest BCUT2D eigenvalue weighted by Crippen LogP contribution is 2.23. The molecule has 0 unspecified atom stereocenters. The van der Waals surface area contributed by atoms with Gasteiger partial charge in [-0.2, -0.15) is 0 Å². The molecule has 1 aromatic carbocycles. The lowest BCUT2D eigenvalue weighted by Crippen LogP contribution is -2.16. The minimum atomic E-state index is -0.699. The van der Waals surface area contributed by atoms with E-state index in [4.69, 9.17) is 15.6 Å². The summed E-state index contributed by atoms with van der Waals surface area (Å²) in [6.07, 6.45) is 0.